The average Bonchev–Trinajstić information content (AvgIpc) is 2.99. The molecule has 95 heavy (non-hydrogen) atoms. The summed E-state index contributed by atoms with van der Waals surface area (Å²) in [5.41, 5.74) is 41.1. The van der Waals surface area contributed by atoms with Crippen LogP contribution in [-0.2, 0) is 897 Å². The first-order valence-electron chi connectivity index (χ1n) is 10.7. The third-order valence-electron chi connectivity index (χ3n) is 1.57. The van der Waals surface area contributed by atoms with Crippen LogP contribution in [-0.4, -0.2) is 159 Å². The summed E-state index contributed by atoms with van der Waals surface area (Å²) in [4.78, 5) is 83.2. The fourth-order valence-electron chi connectivity index (χ4n) is 0. The van der Waals surface area contributed by atoms with Crippen LogP contribution < -0.4 is 51.6 Å². The summed E-state index contributed by atoms with van der Waals surface area (Å²) >= 11 is 0. The molecule has 0 aliphatic carbocycles. The molecule has 27 N–H and O–H groups in total. The van der Waals surface area contributed by atoms with Gasteiger partial charge in [0.05, 0.1) is 58.9 Å². The van der Waals surface area contributed by atoms with Crippen LogP contribution in [0.2, 0.25) is 0 Å². The van der Waals surface area contributed by atoms with Crippen molar-refractivity contribution >= 4 is 53.7 Å². The van der Waals surface area contributed by atoms with E-state index in [1.807, 2.05) is 0 Å². The van der Waals surface area contributed by atoms with E-state index in [2.05, 4.69) is 51.6 Å². The molecule has 820 valence electrons. The van der Waals surface area contributed by atoms with Crippen LogP contribution >= 0.6 is 0 Å². The zero-order valence-corrected chi connectivity index (χ0v) is 85.9. The van der Waals surface area contributed by atoms with Gasteiger partial charge >= 0.3 is 53.7 Å². The zero-order valence-electron chi connectivity index (χ0n) is 38.8. The molecular formula is C18H45Cu50N9O18. The van der Waals surface area contributed by atoms with Gasteiger partial charge in [-0.2, -0.15) is 0 Å². The van der Waals surface area contributed by atoms with Gasteiger partial charge in [-0.3, -0.25) is 43.2 Å². The van der Waals surface area contributed by atoms with Crippen LogP contribution in [0.25, 0.3) is 0 Å². The first-order valence-corrected chi connectivity index (χ1v) is 10.7. The summed E-state index contributed by atoms with van der Waals surface area (Å²) in [5.74, 6) is -8.71. The van der Waals surface area contributed by atoms with Gasteiger partial charge in [0, 0.05) is 853 Å². The van der Waals surface area contributed by atoms with E-state index in [1.54, 1.807) is 0 Å². The van der Waals surface area contributed by atoms with E-state index in [0.29, 0.717) is 0 Å². The van der Waals surface area contributed by atoms with Crippen LogP contribution in [0, 0.1) is 0 Å². The van der Waals surface area contributed by atoms with Crippen LogP contribution in [0.1, 0.15) is 0 Å². The van der Waals surface area contributed by atoms with Crippen LogP contribution in [0.15, 0.2) is 0 Å². The fourth-order valence-corrected chi connectivity index (χ4v) is 0. The molecule has 0 aliphatic rings. The molecule has 77 heteroatoms. The number of aliphatic carboxylic acids is 9. The fraction of sp³-hybridized carbons (Fsp3) is 0.500. The van der Waals surface area contributed by atoms with Crippen molar-refractivity contribution in [3.63, 3.8) is 0 Å². The number of hydrogen-bond donors (Lipinski definition) is 18. The minimum atomic E-state index is -0.968. The largest absolute Gasteiger partial charge is 0.480 e. The zero-order chi connectivity index (χ0) is 38.6. The van der Waals surface area contributed by atoms with Gasteiger partial charge in [0.15, 0.2) is 0 Å². The van der Waals surface area contributed by atoms with Crippen molar-refractivity contribution in [1.82, 2.24) is 0 Å². The van der Waals surface area contributed by atoms with Gasteiger partial charge in [-0.25, -0.2) is 0 Å². The first kappa shape index (κ1) is 473. The molecular weight excluding hydrogens is 3810 g/mol. The Morgan fingerprint density at radius 2 is 0.126 bits per heavy atom. The maximum Gasteiger partial charge on any atom is 0.317 e. The van der Waals surface area contributed by atoms with Crippen LogP contribution in [0.3, 0.4) is 0 Å². The van der Waals surface area contributed by atoms with Gasteiger partial charge in [-0.05, 0) is 0 Å². The van der Waals surface area contributed by atoms with Crippen molar-refractivity contribution in [2.24, 2.45) is 51.6 Å². The molecule has 0 amide bonds. The average molecular weight is 3850 g/mol. The second-order valence-corrected chi connectivity index (χ2v) is 5.38. The minimum absolute atomic E-state index is 0. The van der Waals surface area contributed by atoms with Crippen molar-refractivity contribution in [3.8, 4) is 0 Å². The molecule has 0 spiro atoms. The minimum Gasteiger partial charge on any atom is -0.480 e. The second-order valence-electron chi connectivity index (χ2n) is 5.38. The van der Waals surface area contributed by atoms with Crippen molar-refractivity contribution in [3.05, 3.63) is 0 Å². The summed E-state index contributed by atoms with van der Waals surface area (Å²) in [5, 5.41) is 68.4. The number of carbonyl (C=O) groups is 9. The number of rotatable bonds is 9. The molecule has 50 radical (unpaired) electrons. The summed E-state index contributed by atoms with van der Waals surface area (Å²) in [6.45, 7) is -2.50. The smallest absolute Gasteiger partial charge is 0.317 e. The number of hydrogen-bond acceptors (Lipinski definition) is 18. The van der Waals surface area contributed by atoms with Gasteiger partial charge in [-0.1, -0.05) is 0 Å². The predicted molar refractivity (Wildman–Crippen MR) is 150 cm³/mol. The SMILES string of the molecule is NCC(=O)O.NCC(=O)O.NCC(=O)O.NCC(=O)O.NCC(=O)O.NCC(=O)O.NCC(=O)O.NCC(=O)O.NCC(=O)O.[Cu].[Cu].[Cu].[Cu].[Cu].[Cu].[Cu].[Cu].[Cu].[Cu].[Cu].[Cu].[Cu].[Cu].[Cu].[Cu].[Cu].[Cu].[Cu].[Cu].[Cu].[Cu].[Cu].[Cu].[Cu].[Cu].[Cu].[Cu].[Cu].[Cu].[Cu].[Cu].[Cu].[Cu].[Cu].[Cu].[Cu].[Cu].[Cu].[Cu].[Cu].[Cu].[Cu].[Cu].[Cu].[Cu].[Cu].[Cu].[Cu].[Cu]. The van der Waals surface area contributed by atoms with Crippen molar-refractivity contribution in [1.29, 1.82) is 0 Å². The standard InChI is InChI=1S/9C2H5NO2.50Cu/c9*3-1-2(4)5;;;;;;;;;;;;;;;;;;;;;;;;;;;;;;;;;;;;;;;;;;;;;;;;;;/h9*1,3H2,(H,4,5);;;;;;;;;;;;;;;;;;;;;;;;;;;;;;;;;;;;;;;;;;;;;;;;;;. The molecule has 0 aromatic carbocycles. The number of carboxylic acids is 9. The monoisotopic (exact) mass is 3820 g/mol. The van der Waals surface area contributed by atoms with E-state index >= 15 is 0 Å². The van der Waals surface area contributed by atoms with E-state index < -0.39 is 53.7 Å². The van der Waals surface area contributed by atoms with Gasteiger partial charge in [-0.15, -0.1) is 0 Å². The molecule has 0 saturated carbocycles. The Morgan fingerprint density at radius 3 is 0.126 bits per heavy atom. The van der Waals surface area contributed by atoms with E-state index in [-0.39, 0.29) is 912 Å². The number of carboxylic acid groups (broad SMARTS) is 9. The van der Waals surface area contributed by atoms with Crippen molar-refractivity contribution < 1.29 is 943 Å². The molecule has 0 fully saturated rings. The second kappa shape index (κ2) is 461. The normalized spacial score (nSPS) is 3.51. The molecule has 0 aromatic rings. The Hall–Kier alpha value is 20.8. The number of nitrogens with two attached hydrogens (primary N) is 9. The third kappa shape index (κ3) is 969. The summed E-state index contributed by atoms with van der Waals surface area (Å²) in [6, 6.07) is 0. The van der Waals surface area contributed by atoms with Gasteiger partial charge in [0.2, 0.25) is 0 Å². The molecule has 0 rings (SSSR count). The van der Waals surface area contributed by atoms with E-state index in [4.69, 9.17) is 46.0 Å². The molecule has 0 aromatic heterocycles. The van der Waals surface area contributed by atoms with Gasteiger partial charge in [0.25, 0.3) is 0 Å². The van der Waals surface area contributed by atoms with Crippen LogP contribution in [0.5, 0.6) is 0 Å². The Bertz CT molecular complexity index is 681. The van der Waals surface area contributed by atoms with E-state index in [1.165, 1.54) is 0 Å². The Kier molecular flexibility index (Phi) is 2290. The van der Waals surface area contributed by atoms with Gasteiger partial charge in [0.1, 0.15) is 0 Å². The Morgan fingerprint density at radius 1 is 0.116 bits per heavy atom. The predicted octanol–water partition coefficient (Wildman–Crippen LogP) is -8.86. The molecule has 27 nitrogen and oxygen atoms in total. The quantitative estimate of drug-likeness (QED) is 0.0953. The molecule has 0 heterocycles. The first-order chi connectivity index (χ1) is 20.4. The molecule has 0 atom stereocenters. The van der Waals surface area contributed by atoms with Crippen molar-refractivity contribution in [2.75, 3.05) is 58.9 Å². The van der Waals surface area contributed by atoms with Crippen molar-refractivity contribution in [2.45, 2.75) is 0 Å². The summed E-state index contributed by atoms with van der Waals surface area (Å²) in [6.07, 6.45) is 0. The molecule has 0 bridgehead atoms. The molecule has 0 saturated heterocycles. The topological polar surface area (TPSA) is 570 Å². The Balaban J connectivity index is -0.00000000253. The van der Waals surface area contributed by atoms with Gasteiger partial charge < -0.3 is 97.6 Å². The molecule has 0 unspecified atom stereocenters. The van der Waals surface area contributed by atoms with Crippen LogP contribution in [0.4, 0.5) is 0 Å². The Labute approximate surface area is 1080 Å². The van der Waals surface area contributed by atoms with E-state index in [0.717, 1.165) is 0 Å². The summed E-state index contributed by atoms with van der Waals surface area (Å²) < 4.78 is 0. The maximum absolute atomic E-state index is 9.24. The maximum atomic E-state index is 9.24. The van der Waals surface area contributed by atoms with E-state index in [9.17, 15) is 43.2 Å². The molecule has 0 aliphatic heterocycles. The summed E-state index contributed by atoms with van der Waals surface area (Å²) in [7, 11) is 0. The third-order valence-corrected chi connectivity index (χ3v) is 1.57.